The smallest absolute Gasteiger partial charge is 0.298 e. The highest BCUT2D eigenvalue weighted by atomic mass is 35.5. The van der Waals surface area contributed by atoms with E-state index < -0.39 is 12.0 Å². The van der Waals surface area contributed by atoms with Gasteiger partial charge in [0.25, 0.3) is 5.92 Å². The maximum atomic E-state index is 13.1. The van der Waals surface area contributed by atoms with Gasteiger partial charge in [0.1, 0.15) is 6.10 Å². The number of alkyl halides is 2. The molecule has 0 fully saturated rings. The first-order valence-corrected chi connectivity index (χ1v) is 4.14. The maximum Gasteiger partial charge on any atom is 0.298 e. The van der Waals surface area contributed by atoms with Crippen molar-refractivity contribution < 1.29 is 13.9 Å². The fourth-order valence-corrected chi connectivity index (χ4v) is 1.13. The van der Waals surface area contributed by atoms with Crippen molar-refractivity contribution >= 4 is 11.6 Å². The van der Waals surface area contributed by atoms with Gasteiger partial charge in [-0.25, -0.2) is 0 Å². The first-order valence-electron chi connectivity index (χ1n) is 3.76. The molecule has 1 aromatic rings. The van der Waals surface area contributed by atoms with Gasteiger partial charge >= 0.3 is 0 Å². The molecule has 0 radical (unpaired) electrons. The number of hydrogen-bond acceptors (Lipinski definition) is 1. The molecule has 0 heterocycles. The Morgan fingerprint density at radius 1 is 1.46 bits per heavy atom. The first kappa shape index (κ1) is 10.4. The zero-order valence-electron chi connectivity index (χ0n) is 6.97. The molecule has 0 bridgehead atoms. The van der Waals surface area contributed by atoms with Crippen molar-refractivity contribution in [2.24, 2.45) is 0 Å². The third-order valence-electron chi connectivity index (χ3n) is 1.73. The molecule has 0 aliphatic heterocycles. The second-order valence-electron chi connectivity index (χ2n) is 2.81. The van der Waals surface area contributed by atoms with Crippen molar-refractivity contribution in [3.05, 3.63) is 34.9 Å². The molecule has 0 aliphatic carbocycles. The Balaban J connectivity index is 3.07. The monoisotopic (exact) mass is 206 g/mol. The highest BCUT2D eigenvalue weighted by Gasteiger charge is 2.37. The molecule has 0 saturated carbocycles. The van der Waals surface area contributed by atoms with Gasteiger partial charge in [-0.1, -0.05) is 23.7 Å². The third kappa shape index (κ3) is 2.17. The van der Waals surface area contributed by atoms with Crippen molar-refractivity contribution in [1.29, 1.82) is 0 Å². The van der Waals surface area contributed by atoms with E-state index in [0.717, 1.165) is 13.0 Å². The van der Waals surface area contributed by atoms with Crippen molar-refractivity contribution in [3.8, 4) is 0 Å². The van der Waals surface area contributed by atoms with Crippen LogP contribution in [-0.2, 0) is 5.92 Å². The van der Waals surface area contributed by atoms with E-state index in [2.05, 4.69) is 0 Å². The lowest BCUT2D eigenvalue weighted by atomic mass is 10.0. The van der Waals surface area contributed by atoms with E-state index in [-0.39, 0.29) is 10.6 Å². The molecule has 1 aromatic carbocycles. The lowest BCUT2D eigenvalue weighted by Gasteiger charge is -2.19. The first-order chi connectivity index (χ1) is 5.94. The SMILES string of the molecule is CC(O)C(F)(F)c1cccc(Cl)c1. The molecule has 72 valence electrons. The topological polar surface area (TPSA) is 20.2 Å². The summed E-state index contributed by atoms with van der Waals surface area (Å²) in [6, 6.07) is 5.31. The van der Waals surface area contributed by atoms with Crippen molar-refractivity contribution in [2.45, 2.75) is 19.0 Å². The predicted molar refractivity (Wildman–Crippen MR) is 47.0 cm³/mol. The standard InChI is InChI=1S/C9H9ClF2O/c1-6(13)9(11,12)7-3-2-4-8(10)5-7/h2-6,13H,1H3. The second kappa shape index (κ2) is 3.60. The number of aliphatic hydroxyl groups excluding tert-OH is 1. The summed E-state index contributed by atoms with van der Waals surface area (Å²) < 4.78 is 26.3. The van der Waals surface area contributed by atoms with Gasteiger partial charge in [0.05, 0.1) is 0 Å². The van der Waals surface area contributed by atoms with E-state index in [9.17, 15) is 8.78 Å². The van der Waals surface area contributed by atoms with E-state index >= 15 is 0 Å². The van der Waals surface area contributed by atoms with Gasteiger partial charge in [0, 0.05) is 10.6 Å². The lowest BCUT2D eigenvalue weighted by molar-refractivity contribution is -0.106. The summed E-state index contributed by atoms with van der Waals surface area (Å²) >= 11 is 5.54. The van der Waals surface area contributed by atoms with Crippen molar-refractivity contribution in [1.82, 2.24) is 0 Å². The van der Waals surface area contributed by atoms with Crippen molar-refractivity contribution in [3.63, 3.8) is 0 Å². The van der Waals surface area contributed by atoms with Gasteiger partial charge in [-0.05, 0) is 19.1 Å². The highest BCUT2D eigenvalue weighted by molar-refractivity contribution is 6.30. The summed E-state index contributed by atoms with van der Waals surface area (Å²) in [6.45, 7) is 1.04. The average Bonchev–Trinajstić information content (AvgIpc) is 2.04. The van der Waals surface area contributed by atoms with E-state index in [1.807, 2.05) is 0 Å². The molecule has 1 unspecified atom stereocenters. The van der Waals surface area contributed by atoms with Crippen LogP contribution in [-0.4, -0.2) is 11.2 Å². The van der Waals surface area contributed by atoms with Gasteiger partial charge in [-0.2, -0.15) is 8.78 Å². The van der Waals surface area contributed by atoms with Crippen LogP contribution in [0.25, 0.3) is 0 Å². The lowest BCUT2D eigenvalue weighted by Crippen LogP contribution is -2.27. The van der Waals surface area contributed by atoms with Crippen LogP contribution in [0.5, 0.6) is 0 Å². The second-order valence-corrected chi connectivity index (χ2v) is 3.25. The molecule has 4 heteroatoms. The number of benzene rings is 1. The molecule has 0 spiro atoms. The summed E-state index contributed by atoms with van der Waals surface area (Å²) in [5, 5.41) is 9.07. The molecular formula is C9H9ClF2O. The molecule has 1 N–H and O–H groups in total. The molecule has 0 saturated heterocycles. The Bertz CT molecular complexity index is 299. The number of aliphatic hydroxyl groups is 1. The van der Waals surface area contributed by atoms with Gasteiger partial charge in [-0.3, -0.25) is 0 Å². The average molecular weight is 207 g/mol. The van der Waals surface area contributed by atoms with Crippen LogP contribution in [0.15, 0.2) is 24.3 Å². The van der Waals surface area contributed by atoms with E-state index in [4.69, 9.17) is 16.7 Å². The van der Waals surface area contributed by atoms with E-state index in [1.54, 1.807) is 0 Å². The molecule has 1 rings (SSSR count). The van der Waals surface area contributed by atoms with Gasteiger partial charge < -0.3 is 5.11 Å². The van der Waals surface area contributed by atoms with Gasteiger partial charge in [-0.15, -0.1) is 0 Å². The molecule has 1 atom stereocenters. The largest absolute Gasteiger partial charge is 0.387 e. The van der Waals surface area contributed by atoms with Crippen molar-refractivity contribution in [2.75, 3.05) is 0 Å². The van der Waals surface area contributed by atoms with Crippen LogP contribution in [0.4, 0.5) is 8.78 Å². The summed E-state index contributed by atoms with van der Waals surface area (Å²) in [6.07, 6.45) is -1.72. The Morgan fingerprint density at radius 2 is 2.08 bits per heavy atom. The molecule has 0 aliphatic rings. The number of rotatable bonds is 2. The Hall–Kier alpha value is -0.670. The van der Waals surface area contributed by atoms with Gasteiger partial charge in [0.15, 0.2) is 0 Å². The third-order valence-corrected chi connectivity index (χ3v) is 1.97. The summed E-state index contributed by atoms with van der Waals surface area (Å²) in [5.74, 6) is -3.25. The van der Waals surface area contributed by atoms with Crippen LogP contribution in [0, 0.1) is 0 Å². The summed E-state index contributed by atoms with van der Waals surface area (Å²) in [4.78, 5) is 0. The van der Waals surface area contributed by atoms with E-state index in [1.165, 1.54) is 18.2 Å². The van der Waals surface area contributed by atoms with E-state index in [0.29, 0.717) is 0 Å². The Morgan fingerprint density at radius 3 is 2.54 bits per heavy atom. The fourth-order valence-electron chi connectivity index (χ4n) is 0.937. The minimum atomic E-state index is -3.25. The molecule has 13 heavy (non-hydrogen) atoms. The van der Waals surface area contributed by atoms with Crippen LogP contribution in [0.3, 0.4) is 0 Å². The zero-order valence-corrected chi connectivity index (χ0v) is 7.72. The van der Waals surface area contributed by atoms with Crippen LogP contribution < -0.4 is 0 Å². The zero-order chi connectivity index (χ0) is 10.1. The molecule has 0 aromatic heterocycles. The van der Waals surface area contributed by atoms with Crippen LogP contribution in [0.1, 0.15) is 12.5 Å². The summed E-state index contributed by atoms with van der Waals surface area (Å²) in [5.41, 5.74) is -0.269. The molecule has 0 amide bonds. The normalized spacial score (nSPS) is 14.2. The highest BCUT2D eigenvalue weighted by Crippen LogP contribution is 2.32. The van der Waals surface area contributed by atoms with Crippen LogP contribution >= 0.6 is 11.6 Å². The van der Waals surface area contributed by atoms with Crippen LogP contribution in [0.2, 0.25) is 5.02 Å². The predicted octanol–water partition coefficient (Wildman–Crippen LogP) is 2.81. The number of hydrogen-bond donors (Lipinski definition) is 1. The molecule has 1 nitrogen and oxygen atoms in total. The summed E-state index contributed by atoms with van der Waals surface area (Å²) in [7, 11) is 0. The fraction of sp³-hybridized carbons (Fsp3) is 0.333. The minimum Gasteiger partial charge on any atom is -0.387 e. The Labute approximate surface area is 80.0 Å². The minimum absolute atomic E-state index is 0.234. The Kier molecular flexibility index (Phi) is 2.88. The quantitative estimate of drug-likeness (QED) is 0.789. The molecular weight excluding hydrogens is 198 g/mol. The van der Waals surface area contributed by atoms with Gasteiger partial charge in [0.2, 0.25) is 0 Å². The number of halogens is 3. The maximum absolute atomic E-state index is 13.1.